The van der Waals surface area contributed by atoms with Gasteiger partial charge in [0.2, 0.25) is 5.88 Å². The van der Waals surface area contributed by atoms with Crippen LogP contribution in [-0.2, 0) is 11.3 Å². The highest BCUT2D eigenvalue weighted by Gasteiger charge is 2.39. The molecule has 0 spiro atoms. The average molecular weight is 578 g/mol. The molecule has 11 nitrogen and oxygen atoms in total. The molecule has 2 aliphatic heterocycles. The smallest absolute Gasteiger partial charge is 0.410 e. The van der Waals surface area contributed by atoms with Crippen molar-refractivity contribution in [3.05, 3.63) is 58.9 Å². The Hall–Kier alpha value is -3.97. The number of cyclic esters (lactones) is 1. The Kier molecular flexibility index (Phi) is 8.31. The van der Waals surface area contributed by atoms with E-state index in [1.165, 1.54) is 12.3 Å². The third-order valence-electron chi connectivity index (χ3n) is 6.56. The van der Waals surface area contributed by atoms with Crippen molar-refractivity contribution in [3.63, 3.8) is 0 Å². The molecule has 2 saturated heterocycles. The maximum Gasteiger partial charge on any atom is 0.410 e. The van der Waals surface area contributed by atoms with E-state index in [-0.39, 0.29) is 73.1 Å². The monoisotopic (exact) mass is 577 g/mol. The first-order valence-corrected chi connectivity index (χ1v) is 12.9. The number of piperidine rings is 1. The lowest BCUT2D eigenvalue weighted by molar-refractivity contribution is 0.0566. The largest absolute Gasteiger partial charge is 0.488 e. The molecule has 2 fully saturated rings. The number of halogens is 3. The molecule has 0 unspecified atom stereocenters. The summed E-state index contributed by atoms with van der Waals surface area (Å²) in [5, 5.41) is 16.4. The predicted molar refractivity (Wildman–Crippen MR) is 137 cm³/mol. The summed E-state index contributed by atoms with van der Waals surface area (Å²) in [6.07, 6.45) is 2.56. The van der Waals surface area contributed by atoms with Crippen molar-refractivity contribution in [1.82, 2.24) is 25.0 Å². The summed E-state index contributed by atoms with van der Waals surface area (Å²) in [6, 6.07) is 8.23. The van der Waals surface area contributed by atoms with Gasteiger partial charge >= 0.3 is 12.6 Å². The van der Waals surface area contributed by atoms with E-state index >= 15 is 0 Å². The minimum Gasteiger partial charge on any atom is -0.488 e. The molecule has 2 N–H and O–H groups in total. The van der Waals surface area contributed by atoms with Crippen LogP contribution in [0.15, 0.2) is 42.7 Å². The standard InChI is InChI=1S/C26H26ClF2N5O6/c27-17-3-1-15(2-4-17)11-30-23(36)20-10-21(40-19-5-6-33-18(9-19)14-39-26(33)37)22(32-24(20)38-8-7-35)16-12-31-34(13-16)25(28)29/h1-4,10,12-13,18-19,25,35H,5-9,11,14H2,(H,30,36)/t18-,19-/m0/s1. The first-order valence-electron chi connectivity index (χ1n) is 12.6. The van der Waals surface area contributed by atoms with Gasteiger partial charge in [-0.25, -0.2) is 14.5 Å². The van der Waals surface area contributed by atoms with Crippen molar-refractivity contribution >= 4 is 23.6 Å². The average Bonchev–Trinajstić information content (AvgIpc) is 3.59. The van der Waals surface area contributed by atoms with Gasteiger partial charge in [-0.2, -0.15) is 13.9 Å². The van der Waals surface area contributed by atoms with Crippen molar-refractivity contribution in [2.24, 2.45) is 0 Å². The highest BCUT2D eigenvalue weighted by Crippen LogP contribution is 2.36. The SMILES string of the molecule is O=C(NCc1ccc(Cl)cc1)c1cc(O[C@H]2CCN3C(=O)OC[C@@H]3C2)c(-c2cnn(C(F)F)c2)nc1OCCO. The van der Waals surface area contributed by atoms with Crippen LogP contribution in [-0.4, -0.2) is 75.3 Å². The molecule has 14 heteroatoms. The molecular weight excluding hydrogens is 552 g/mol. The molecule has 1 aromatic carbocycles. The maximum absolute atomic E-state index is 13.3. The number of hydrogen-bond donors (Lipinski definition) is 2. The summed E-state index contributed by atoms with van der Waals surface area (Å²) in [4.78, 5) is 31.3. The van der Waals surface area contributed by atoms with Crippen LogP contribution in [0.5, 0.6) is 11.6 Å². The molecule has 0 bridgehead atoms. The fourth-order valence-electron chi connectivity index (χ4n) is 4.59. The van der Waals surface area contributed by atoms with Crippen molar-refractivity contribution < 1.29 is 37.7 Å². The highest BCUT2D eigenvalue weighted by atomic mass is 35.5. The van der Waals surface area contributed by atoms with Crippen molar-refractivity contribution in [2.45, 2.75) is 38.1 Å². The number of carbonyl (C=O) groups is 2. The van der Waals surface area contributed by atoms with Crippen LogP contribution in [0, 0.1) is 0 Å². The van der Waals surface area contributed by atoms with Crippen molar-refractivity contribution in [1.29, 1.82) is 0 Å². The van der Waals surface area contributed by atoms with Crippen molar-refractivity contribution in [3.8, 4) is 22.9 Å². The Morgan fingerprint density at radius 1 is 1.30 bits per heavy atom. The van der Waals surface area contributed by atoms with E-state index in [2.05, 4.69) is 15.4 Å². The summed E-state index contributed by atoms with van der Waals surface area (Å²) >= 11 is 5.94. The third kappa shape index (κ3) is 6.10. The van der Waals surface area contributed by atoms with Crippen LogP contribution in [0.1, 0.15) is 35.3 Å². The zero-order chi connectivity index (χ0) is 28.2. The Bertz CT molecular complexity index is 1370. The van der Waals surface area contributed by atoms with Gasteiger partial charge in [-0.15, -0.1) is 0 Å². The van der Waals surface area contributed by atoms with E-state index in [1.54, 1.807) is 29.2 Å². The summed E-state index contributed by atoms with van der Waals surface area (Å²) < 4.78 is 44.0. The number of hydrogen-bond acceptors (Lipinski definition) is 8. The maximum atomic E-state index is 13.3. The van der Waals surface area contributed by atoms with Gasteiger partial charge in [0.15, 0.2) is 0 Å². The number of aliphatic hydroxyl groups excluding tert-OH is 1. The van der Waals surface area contributed by atoms with E-state index in [1.807, 2.05) is 0 Å². The first-order chi connectivity index (χ1) is 19.3. The fourth-order valence-corrected chi connectivity index (χ4v) is 4.71. The number of fused-ring (bicyclic) bond motifs is 1. The molecule has 3 aromatic rings. The van der Waals surface area contributed by atoms with Crippen LogP contribution >= 0.6 is 11.6 Å². The predicted octanol–water partition coefficient (Wildman–Crippen LogP) is 3.66. The Morgan fingerprint density at radius 3 is 2.83 bits per heavy atom. The Morgan fingerprint density at radius 2 is 2.10 bits per heavy atom. The van der Waals surface area contributed by atoms with E-state index in [4.69, 9.17) is 25.8 Å². The lowest BCUT2D eigenvalue weighted by Gasteiger charge is -2.33. The molecule has 0 radical (unpaired) electrons. The van der Waals surface area contributed by atoms with Gasteiger partial charge in [0.25, 0.3) is 5.91 Å². The van der Waals surface area contributed by atoms with Gasteiger partial charge in [-0.1, -0.05) is 23.7 Å². The van der Waals surface area contributed by atoms with Crippen LogP contribution in [0.2, 0.25) is 5.02 Å². The van der Waals surface area contributed by atoms with Crippen LogP contribution in [0.25, 0.3) is 11.3 Å². The minimum absolute atomic E-state index is 0.0271. The van der Waals surface area contributed by atoms with Gasteiger partial charge in [0.05, 0.1) is 18.8 Å². The summed E-state index contributed by atoms with van der Waals surface area (Å²) in [7, 11) is 0. The second-order valence-corrected chi connectivity index (χ2v) is 9.68. The van der Waals surface area contributed by atoms with E-state index in [0.29, 0.717) is 29.1 Å². The molecule has 2 aliphatic rings. The molecule has 2 aromatic heterocycles. The Balaban J connectivity index is 1.47. The Labute approximate surface area is 232 Å². The second kappa shape index (κ2) is 12.0. The number of aromatic nitrogens is 3. The number of ether oxygens (including phenoxy) is 3. The van der Waals surface area contributed by atoms with Crippen molar-refractivity contribution in [2.75, 3.05) is 26.4 Å². The molecule has 212 valence electrons. The number of amides is 2. The number of pyridine rings is 1. The summed E-state index contributed by atoms with van der Waals surface area (Å²) in [5.74, 6) is -0.482. The van der Waals surface area contributed by atoms with E-state index in [9.17, 15) is 23.5 Å². The molecule has 4 heterocycles. The number of benzene rings is 1. The zero-order valence-corrected chi connectivity index (χ0v) is 21.9. The van der Waals surface area contributed by atoms with E-state index in [0.717, 1.165) is 11.8 Å². The quantitative estimate of drug-likeness (QED) is 0.374. The number of rotatable bonds is 10. The summed E-state index contributed by atoms with van der Waals surface area (Å²) in [6.45, 7) is -2.52. The number of carbonyl (C=O) groups excluding carboxylic acids is 2. The normalized spacial score (nSPS) is 18.4. The lowest BCUT2D eigenvalue weighted by atomic mass is 10.0. The number of nitrogens with zero attached hydrogens (tertiary/aromatic N) is 4. The zero-order valence-electron chi connectivity index (χ0n) is 21.1. The molecular formula is C26H26ClF2N5O6. The molecule has 5 rings (SSSR count). The molecule has 40 heavy (non-hydrogen) atoms. The molecule has 2 amide bonds. The third-order valence-corrected chi connectivity index (χ3v) is 6.82. The topological polar surface area (TPSA) is 128 Å². The first kappa shape index (κ1) is 27.6. The summed E-state index contributed by atoms with van der Waals surface area (Å²) in [5.41, 5.74) is 1.18. The lowest BCUT2D eigenvalue weighted by Crippen LogP contribution is -2.44. The molecule has 0 aliphatic carbocycles. The number of nitrogens with one attached hydrogen (secondary N) is 1. The van der Waals surface area contributed by atoms with Gasteiger partial charge in [0, 0.05) is 48.8 Å². The minimum atomic E-state index is -2.87. The van der Waals surface area contributed by atoms with Gasteiger partial charge in [-0.05, 0) is 17.7 Å². The fraction of sp³-hybridized carbons (Fsp3) is 0.385. The van der Waals surface area contributed by atoms with Crippen LogP contribution < -0.4 is 14.8 Å². The molecule has 0 saturated carbocycles. The highest BCUT2D eigenvalue weighted by molar-refractivity contribution is 6.30. The van der Waals surface area contributed by atoms with Crippen LogP contribution in [0.4, 0.5) is 13.6 Å². The number of aliphatic hydroxyl groups is 1. The van der Waals surface area contributed by atoms with E-state index < -0.39 is 12.5 Å². The van der Waals surface area contributed by atoms with Gasteiger partial charge in [0.1, 0.15) is 36.3 Å². The van der Waals surface area contributed by atoms with Crippen LogP contribution in [0.3, 0.4) is 0 Å². The second-order valence-electron chi connectivity index (χ2n) is 9.24. The molecule has 2 atom stereocenters. The van der Waals surface area contributed by atoms with Gasteiger partial charge < -0.3 is 29.5 Å². The van der Waals surface area contributed by atoms with Gasteiger partial charge in [-0.3, -0.25) is 4.79 Å². The number of alkyl halides is 2.